The average molecular weight is 355 g/mol. The topological polar surface area (TPSA) is 89.3 Å². The number of nitrogens with two attached hydrogens (primary N) is 1. The lowest BCUT2D eigenvalue weighted by Crippen LogP contribution is -2.28. The molecule has 0 bridgehead atoms. The van der Waals surface area contributed by atoms with Crippen LogP contribution in [0.1, 0.15) is 5.56 Å². The number of halogens is 1. The van der Waals surface area contributed by atoms with Crippen molar-refractivity contribution in [2.45, 2.75) is 11.8 Å². The lowest BCUT2D eigenvalue weighted by molar-refractivity contribution is 0.583. The van der Waals surface area contributed by atoms with E-state index in [1.54, 1.807) is 13.0 Å². The molecule has 0 radical (unpaired) electrons. The summed E-state index contributed by atoms with van der Waals surface area (Å²) in [6, 6.07) is 3.15. The highest BCUT2D eigenvalue weighted by Gasteiger charge is 2.18. The van der Waals surface area contributed by atoms with Crippen LogP contribution in [0, 0.1) is 6.92 Å². The molecule has 0 fully saturated rings. The van der Waals surface area contributed by atoms with Gasteiger partial charge >= 0.3 is 0 Å². The zero-order chi connectivity index (χ0) is 13.9. The van der Waals surface area contributed by atoms with Gasteiger partial charge < -0.3 is 5.73 Å². The zero-order valence-electron chi connectivity index (χ0n) is 10.1. The number of nitrogens with one attached hydrogen (secondary N) is 1. The fourth-order valence-corrected chi connectivity index (χ4v) is 3.83. The number of nitrogen functional groups attached to an aromatic ring is 1. The Kier molecular flexibility index (Phi) is 5.32. The summed E-state index contributed by atoms with van der Waals surface area (Å²) in [5.41, 5.74) is 6.63. The number of rotatable bonds is 5. The van der Waals surface area contributed by atoms with E-state index in [-0.39, 0.29) is 17.2 Å². The molecule has 8 heteroatoms. The summed E-state index contributed by atoms with van der Waals surface area (Å²) < 4.78 is 38.0. The van der Waals surface area contributed by atoms with Gasteiger partial charge in [-0.2, -0.15) is 0 Å². The van der Waals surface area contributed by atoms with Crippen LogP contribution in [-0.2, 0) is 20.8 Å². The van der Waals surface area contributed by atoms with Crippen LogP contribution < -0.4 is 10.5 Å². The van der Waals surface area contributed by atoms with Crippen LogP contribution >= 0.6 is 15.9 Å². The summed E-state index contributed by atoms with van der Waals surface area (Å²) >= 11 is 3.21. The van der Waals surface area contributed by atoms with Crippen molar-refractivity contribution in [1.29, 1.82) is 0 Å². The number of hydrogen-bond donors (Lipinski definition) is 2. The second-order valence-corrected chi connectivity index (χ2v) is 8.00. The molecule has 1 aromatic carbocycles. The Morgan fingerprint density at radius 1 is 1.44 bits per heavy atom. The summed E-state index contributed by atoms with van der Waals surface area (Å²) in [5.74, 6) is 0.280. The van der Waals surface area contributed by atoms with Crippen LogP contribution in [0.15, 0.2) is 21.5 Å². The van der Waals surface area contributed by atoms with Gasteiger partial charge in [0, 0.05) is 39.5 Å². The van der Waals surface area contributed by atoms with Gasteiger partial charge in [0.1, 0.15) is 0 Å². The minimum absolute atomic E-state index is 0.135. The number of anilines is 1. The molecule has 1 rings (SSSR count). The van der Waals surface area contributed by atoms with Crippen molar-refractivity contribution in [2.24, 2.45) is 0 Å². The molecule has 0 saturated heterocycles. The summed E-state index contributed by atoms with van der Waals surface area (Å²) in [6.07, 6.45) is 1.52. The smallest absolute Gasteiger partial charge is 0.240 e. The van der Waals surface area contributed by atoms with E-state index in [2.05, 4.69) is 20.7 Å². The first-order valence-electron chi connectivity index (χ1n) is 5.09. The third kappa shape index (κ3) is 4.04. The maximum Gasteiger partial charge on any atom is 0.240 e. The van der Waals surface area contributed by atoms with Crippen LogP contribution in [-0.4, -0.2) is 31.2 Å². The Labute approximate surface area is 118 Å². The monoisotopic (exact) mass is 354 g/mol. The van der Waals surface area contributed by atoms with Crippen LogP contribution in [0.25, 0.3) is 0 Å². The first-order valence-corrected chi connectivity index (χ1v) is 9.09. The van der Waals surface area contributed by atoms with Gasteiger partial charge in [-0.1, -0.05) is 15.9 Å². The molecule has 1 unspecified atom stereocenters. The summed E-state index contributed by atoms with van der Waals surface area (Å²) in [7, 11) is -4.66. The van der Waals surface area contributed by atoms with Gasteiger partial charge in [-0.05, 0) is 24.6 Å². The molecule has 102 valence electrons. The normalized spacial score (nSPS) is 13.5. The van der Waals surface area contributed by atoms with E-state index in [1.807, 2.05) is 0 Å². The van der Waals surface area contributed by atoms with E-state index >= 15 is 0 Å². The molecule has 0 aliphatic heterocycles. The molecule has 3 N–H and O–H groups in total. The molecule has 0 heterocycles. The molecule has 0 saturated carbocycles. The molecule has 18 heavy (non-hydrogen) atoms. The van der Waals surface area contributed by atoms with Crippen LogP contribution in [0.2, 0.25) is 0 Å². The maximum absolute atomic E-state index is 12.1. The van der Waals surface area contributed by atoms with E-state index in [1.165, 1.54) is 12.3 Å². The predicted octanol–water partition coefficient (Wildman–Crippen LogP) is 0.997. The van der Waals surface area contributed by atoms with Gasteiger partial charge in [0.2, 0.25) is 10.0 Å². The number of benzene rings is 1. The van der Waals surface area contributed by atoms with Crippen molar-refractivity contribution in [1.82, 2.24) is 4.72 Å². The molecular formula is C10H15BrN2O3S2. The first-order chi connectivity index (χ1) is 8.24. The predicted molar refractivity (Wildman–Crippen MR) is 77.4 cm³/mol. The van der Waals surface area contributed by atoms with Crippen LogP contribution in [0.3, 0.4) is 0 Å². The fraction of sp³-hybridized carbons (Fsp3) is 0.400. The van der Waals surface area contributed by atoms with Crippen molar-refractivity contribution in [3.8, 4) is 0 Å². The Hall–Kier alpha value is -0.440. The second kappa shape index (κ2) is 6.14. The van der Waals surface area contributed by atoms with Crippen molar-refractivity contribution in [3.63, 3.8) is 0 Å². The van der Waals surface area contributed by atoms with Crippen molar-refractivity contribution >= 4 is 42.4 Å². The molecule has 0 amide bonds. The molecule has 0 aliphatic carbocycles. The van der Waals surface area contributed by atoms with E-state index in [4.69, 9.17) is 5.73 Å². The highest BCUT2D eigenvalue weighted by atomic mass is 79.9. The minimum atomic E-state index is -3.63. The number of hydrogen-bond acceptors (Lipinski definition) is 4. The van der Waals surface area contributed by atoms with Gasteiger partial charge in [-0.3, -0.25) is 4.21 Å². The van der Waals surface area contributed by atoms with Crippen molar-refractivity contribution < 1.29 is 12.6 Å². The molecule has 5 nitrogen and oxygen atoms in total. The van der Waals surface area contributed by atoms with Gasteiger partial charge in [0.15, 0.2) is 0 Å². The third-order valence-electron chi connectivity index (χ3n) is 2.34. The Morgan fingerprint density at radius 3 is 2.61 bits per heavy atom. The maximum atomic E-state index is 12.1. The fourth-order valence-electron chi connectivity index (χ4n) is 1.35. The Balaban J connectivity index is 3.02. The van der Waals surface area contributed by atoms with E-state index < -0.39 is 20.8 Å². The average Bonchev–Trinajstić information content (AvgIpc) is 2.22. The first kappa shape index (κ1) is 15.6. The molecule has 0 aliphatic rings. The van der Waals surface area contributed by atoms with E-state index in [9.17, 15) is 12.6 Å². The summed E-state index contributed by atoms with van der Waals surface area (Å²) in [5, 5.41) is 0. The van der Waals surface area contributed by atoms with Gasteiger partial charge in [-0.25, -0.2) is 13.1 Å². The quantitative estimate of drug-likeness (QED) is 0.771. The SMILES string of the molecule is Cc1c(N)cc(Br)cc1S(=O)(=O)NCCS(C)=O. The summed E-state index contributed by atoms with van der Waals surface area (Å²) in [4.78, 5) is 0.135. The molecule has 0 aromatic heterocycles. The highest BCUT2D eigenvalue weighted by Crippen LogP contribution is 2.25. The lowest BCUT2D eigenvalue weighted by Gasteiger charge is -2.11. The van der Waals surface area contributed by atoms with Gasteiger partial charge in [-0.15, -0.1) is 0 Å². The third-order valence-corrected chi connectivity index (χ3v) is 5.16. The van der Waals surface area contributed by atoms with Crippen molar-refractivity contribution in [2.75, 3.05) is 24.3 Å². The minimum Gasteiger partial charge on any atom is -0.398 e. The Bertz CT molecular complexity index is 573. The number of sulfonamides is 1. The second-order valence-electron chi connectivity index (χ2n) is 3.79. The molecule has 0 spiro atoms. The van der Waals surface area contributed by atoms with E-state index in [0.717, 1.165) is 0 Å². The molecular weight excluding hydrogens is 340 g/mol. The molecule has 1 aromatic rings. The largest absolute Gasteiger partial charge is 0.398 e. The Morgan fingerprint density at radius 2 is 2.06 bits per heavy atom. The van der Waals surface area contributed by atoms with Gasteiger partial charge in [0.05, 0.1) is 4.90 Å². The van der Waals surface area contributed by atoms with Crippen LogP contribution in [0.4, 0.5) is 5.69 Å². The van der Waals surface area contributed by atoms with E-state index in [0.29, 0.717) is 15.7 Å². The zero-order valence-corrected chi connectivity index (χ0v) is 13.3. The van der Waals surface area contributed by atoms with Gasteiger partial charge in [0.25, 0.3) is 0 Å². The highest BCUT2D eigenvalue weighted by molar-refractivity contribution is 9.10. The summed E-state index contributed by atoms with van der Waals surface area (Å²) in [6.45, 7) is 1.78. The van der Waals surface area contributed by atoms with Crippen molar-refractivity contribution in [3.05, 3.63) is 22.2 Å². The molecule has 1 atom stereocenters. The standard InChI is InChI=1S/C10H15BrN2O3S2/c1-7-9(12)5-8(11)6-10(7)18(15,16)13-3-4-17(2)14/h5-6,13H,3-4,12H2,1-2H3. The van der Waals surface area contributed by atoms with Crippen LogP contribution in [0.5, 0.6) is 0 Å². The lowest BCUT2D eigenvalue weighted by atomic mass is 10.2.